The number of anilines is 1. The van der Waals surface area contributed by atoms with Gasteiger partial charge in [0, 0.05) is 24.6 Å². The lowest BCUT2D eigenvalue weighted by Gasteiger charge is -2.33. The summed E-state index contributed by atoms with van der Waals surface area (Å²) in [6.07, 6.45) is 5.20. The summed E-state index contributed by atoms with van der Waals surface area (Å²) >= 11 is 5.96. The molecule has 98 valence electrons. The number of ether oxygens (including phenoxy) is 1. The van der Waals surface area contributed by atoms with Crippen molar-refractivity contribution in [3.8, 4) is 0 Å². The molecule has 0 radical (unpaired) electrons. The van der Waals surface area contributed by atoms with E-state index in [1.54, 1.807) is 6.07 Å². The van der Waals surface area contributed by atoms with Crippen molar-refractivity contribution in [2.75, 3.05) is 11.9 Å². The van der Waals surface area contributed by atoms with Gasteiger partial charge in [0.15, 0.2) is 0 Å². The Morgan fingerprint density at radius 3 is 3.06 bits per heavy atom. The lowest BCUT2D eigenvalue weighted by molar-refractivity contribution is 0.0619. The van der Waals surface area contributed by atoms with Gasteiger partial charge in [-0.05, 0) is 32.6 Å². The van der Waals surface area contributed by atoms with Gasteiger partial charge >= 0.3 is 0 Å². The first kappa shape index (κ1) is 12.2. The Kier molecular flexibility index (Phi) is 3.39. The van der Waals surface area contributed by atoms with Crippen LogP contribution in [0.3, 0.4) is 0 Å². The molecule has 1 aliphatic carbocycles. The van der Waals surface area contributed by atoms with E-state index in [1.807, 2.05) is 6.92 Å². The topological polar surface area (TPSA) is 47.0 Å². The van der Waals surface area contributed by atoms with Crippen LogP contribution in [0.5, 0.6) is 0 Å². The molecule has 1 saturated heterocycles. The quantitative estimate of drug-likeness (QED) is 0.837. The van der Waals surface area contributed by atoms with Gasteiger partial charge in [-0.1, -0.05) is 11.6 Å². The van der Waals surface area contributed by atoms with E-state index < -0.39 is 0 Å². The molecule has 1 N–H and O–H groups in total. The van der Waals surface area contributed by atoms with Crippen LogP contribution in [0.2, 0.25) is 5.15 Å². The number of hydrogen-bond donors (Lipinski definition) is 1. The molecule has 0 aromatic carbocycles. The lowest BCUT2D eigenvalue weighted by Crippen LogP contribution is -2.38. The zero-order chi connectivity index (χ0) is 12.5. The largest absolute Gasteiger partial charge is 0.378 e. The number of fused-ring (bicyclic) bond motifs is 1. The van der Waals surface area contributed by atoms with Crippen molar-refractivity contribution in [3.05, 3.63) is 17.0 Å². The highest BCUT2D eigenvalue weighted by Crippen LogP contribution is 2.35. The molecule has 0 amide bonds. The highest BCUT2D eigenvalue weighted by molar-refractivity contribution is 6.29. The van der Waals surface area contributed by atoms with Gasteiger partial charge in [0.25, 0.3) is 0 Å². The van der Waals surface area contributed by atoms with E-state index in [9.17, 15) is 0 Å². The third kappa shape index (κ3) is 2.45. The number of aryl methyl sites for hydroxylation is 1. The van der Waals surface area contributed by atoms with Crippen LogP contribution in [0.4, 0.5) is 5.82 Å². The predicted octanol–water partition coefficient (Wildman–Crippen LogP) is 2.81. The minimum absolute atomic E-state index is 0.439. The van der Waals surface area contributed by atoms with Gasteiger partial charge in [0.1, 0.15) is 16.8 Å². The number of aromatic nitrogens is 2. The Morgan fingerprint density at radius 2 is 2.22 bits per heavy atom. The Morgan fingerprint density at radius 1 is 1.33 bits per heavy atom. The molecular weight excluding hydrogens is 250 g/mol. The second kappa shape index (κ2) is 5.02. The molecule has 0 bridgehead atoms. The van der Waals surface area contributed by atoms with Gasteiger partial charge in [0.05, 0.1) is 6.10 Å². The fraction of sp³-hybridized carbons (Fsp3) is 0.692. The SMILES string of the molecule is Cc1nc(Cl)cc(NC2CCCC3OCCC23)n1. The number of hydrogen-bond acceptors (Lipinski definition) is 4. The second-order valence-electron chi connectivity index (χ2n) is 5.17. The van der Waals surface area contributed by atoms with E-state index in [2.05, 4.69) is 15.3 Å². The first-order chi connectivity index (χ1) is 8.72. The molecule has 1 saturated carbocycles. The van der Waals surface area contributed by atoms with Crippen LogP contribution in [0, 0.1) is 12.8 Å². The standard InChI is InChI=1S/C13H18ClN3O/c1-8-15-12(14)7-13(16-8)17-10-3-2-4-11-9(10)5-6-18-11/h7,9-11H,2-6H2,1H3,(H,15,16,17). The number of halogens is 1. The Hall–Kier alpha value is -0.870. The molecule has 18 heavy (non-hydrogen) atoms. The maximum Gasteiger partial charge on any atom is 0.134 e. The van der Waals surface area contributed by atoms with E-state index in [0.29, 0.717) is 29.0 Å². The summed E-state index contributed by atoms with van der Waals surface area (Å²) in [7, 11) is 0. The van der Waals surface area contributed by atoms with Crippen LogP contribution >= 0.6 is 11.6 Å². The Bertz CT molecular complexity index is 420. The summed E-state index contributed by atoms with van der Waals surface area (Å²) in [6.45, 7) is 2.76. The summed E-state index contributed by atoms with van der Waals surface area (Å²) in [5, 5.41) is 4.02. The maximum absolute atomic E-state index is 5.96. The van der Waals surface area contributed by atoms with Crippen LogP contribution in [-0.4, -0.2) is 28.7 Å². The van der Waals surface area contributed by atoms with E-state index in [1.165, 1.54) is 19.3 Å². The average molecular weight is 268 g/mol. The fourth-order valence-electron chi connectivity index (χ4n) is 3.15. The summed E-state index contributed by atoms with van der Waals surface area (Å²) in [6, 6.07) is 2.25. The zero-order valence-electron chi connectivity index (χ0n) is 10.5. The third-order valence-electron chi connectivity index (χ3n) is 3.92. The van der Waals surface area contributed by atoms with Crippen LogP contribution in [0.1, 0.15) is 31.5 Å². The van der Waals surface area contributed by atoms with Crippen molar-refractivity contribution in [1.29, 1.82) is 0 Å². The first-order valence-electron chi connectivity index (χ1n) is 6.62. The third-order valence-corrected chi connectivity index (χ3v) is 4.11. The van der Waals surface area contributed by atoms with E-state index in [-0.39, 0.29) is 0 Å². The number of rotatable bonds is 2. The first-order valence-corrected chi connectivity index (χ1v) is 6.99. The van der Waals surface area contributed by atoms with E-state index in [4.69, 9.17) is 16.3 Å². The van der Waals surface area contributed by atoms with Crippen molar-refractivity contribution in [2.45, 2.75) is 44.8 Å². The highest BCUT2D eigenvalue weighted by atomic mass is 35.5. The van der Waals surface area contributed by atoms with Gasteiger partial charge in [-0.3, -0.25) is 0 Å². The van der Waals surface area contributed by atoms with Crippen LogP contribution in [0.15, 0.2) is 6.07 Å². The Balaban J connectivity index is 1.74. The molecule has 2 heterocycles. The number of nitrogens with one attached hydrogen (secondary N) is 1. The minimum Gasteiger partial charge on any atom is -0.378 e. The summed E-state index contributed by atoms with van der Waals surface area (Å²) < 4.78 is 5.77. The molecule has 2 aliphatic rings. The summed E-state index contributed by atoms with van der Waals surface area (Å²) in [4.78, 5) is 8.48. The number of nitrogens with zero attached hydrogens (tertiary/aromatic N) is 2. The maximum atomic E-state index is 5.96. The van der Waals surface area contributed by atoms with E-state index in [0.717, 1.165) is 18.8 Å². The van der Waals surface area contributed by atoms with Crippen molar-refractivity contribution in [1.82, 2.24) is 9.97 Å². The van der Waals surface area contributed by atoms with Crippen LogP contribution in [0.25, 0.3) is 0 Å². The Labute approximate surface area is 112 Å². The molecule has 2 fully saturated rings. The normalized spacial score (nSPS) is 31.1. The van der Waals surface area contributed by atoms with Crippen LogP contribution < -0.4 is 5.32 Å². The molecule has 5 heteroatoms. The lowest BCUT2D eigenvalue weighted by atomic mass is 9.82. The van der Waals surface area contributed by atoms with Gasteiger partial charge in [0.2, 0.25) is 0 Å². The minimum atomic E-state index is 0.439. The molecule has 4 nitrogen and oxygen atoms in total. The molecule has 3 atom stereocenters. The average Bonchev–Trinajstić information content (AvgIpc) is 2.76. The van der Waals surface area contributed by atoms with Crippen molar-refractivity contribution < 1.29 is 4.74 Å². The highest BCUT2D eigenvalue weighted by Gasteiger charge is 2.37. The molecule has 1 aromatic heterocycles. The summed E-state index contributed by atoms with van der Waals surface area (Å²) in [5.74, 6) is 2.16. The molecule has 1 aromatic rings. The van der Waals surface area contributed by atoms with Crippen molar-refractivity contribution in [3.63, 3.8) is 0 Å². The fourth-order valence-corrected chi connectivity index (χ4v) is 3.38. The monoisotopic (exact) mass is 267 g/mol. The van der Waals surface area contributed by atoms with Gasteiger partial charge in [-0.25, -0.2) is 9.97 Å². The summed E-state index contributed by atoms with van der Waals surface area (Å²) in [5.41, 5.74) is 0. The molecule has 1 aliphatic heterocycles. The molecule has 3 unspecified atom stereocenters. The van der Waals surface area contributed by atoms with Gasteiger partial charge in [-0.2, -0.15) is 0 Å². The molecule has 3 rings (SSSR count). The van der Waals surface area contributed by atoms with Crippen LogP contribution in [-0.2, 0) is 4.74 Å². The molecule has 0 spiro atoms. The van der Waals surface area contributed by atoms with Crippen molar-refractivity contribution >= 4 is 17.4 Å². The molecular formula is C13H18ClN3O. The van der Waals surface area contributed by atoms with E-state index >= 15 is 0 Å². The predicted molar refractivity (Wildman–Crippen MR) is 70.9 cm³/mol. The smallest absolute Gasteiger partial charge is 0.134 e. The van der Waals surface area contributed by atoms with Gasteiger partial charge < -0.3 is 10.1 Å². The zero-order valence-corrected chi connectivity index (χ0v) is 11.3. The van der Waals surface area contributed by atoms with Gasteiger partial charge in [-0.15, -0.1) is 0 Å². The van der Waals surface area contributed by atoms with Crippen molar-refractivity contribution in [2.24, 2.45) is 5.92 Å². The second-order valence-corrected chi connectivity index (χ2v) is 5.55.